The van der Waals surface area contributed by atoms with Gasteiger partial charge in [-0.15, -0.1) is 0 Å². The molecule has 1 aromatic rings. The first kappa shape index (κ1) is 12.9. The first-order chi connectivity index (χ1) is 8.24. The van der Waals surface area contributed by atoms with Crippen molar-refractivity contribution in [1.29, 1.82) is 0 Å². The standard InChI is InChI=1S/C14H21N3O/c1-13(2,3)14(4)15-11-9-7-6-8-10(11)12(18)17(5)16-14/h6-9,15-16H,1-5H3. The van der Waals surface area contributed by atoms with E-state index in [-0.39, 0.29) is 11.3 Å². The van der Waals surface area contributed by atoms with Gasteiger partial charge in [0.15, 0.2) is 0 Å². The molecule has 1 atom stereocenters. The van der Waals surface area contributed by atoms with Gasteiger partial charge < -0.3 is 5.32 Å². The molecule has 0 fully saturated rings. The van der Waals surface area contributed by atoms with E-state index in [4.69, 9.17) is 0 Å². The fraction of sp³-hybridized carbons (Fsp3) is 0.500. The molecular weight excluding hydrogens is 226 g/mol. The van der Waals surface area contributed by atoms with E-state index in [0.717, 1.165) is 5.69 Å². The Balaban J connectivity index is 2.53. The second kappa shape index (κ2) is 3.99. The predicted molar refractivity (Wildman–Crippen MR) is 73.2 cm³/mol. The Labute approximate surface area is 108 Å². The molecule has 4 nitrogen and oxygen atoms in total. The SMILES string of the molecule is CN1NC(C)(C(C)(C)C)Nc2ccccc2C1=O. The van der Waals surface area contributed by atoms with Crippen molar-refractivity contribution < 1.29 is 4.79 Å². The first-order valence-corrected chi connectivity index (χ1v) is 6.18. The highest BCUT2D eigenvalue weighted by Crippen LogP contribution is 2.34. The zero-order chi connectivity index (χ0) is 13.6. The minimum atomic E-state index is -0.399. The molecule has 0 aliphatic carbocycles. The van der Waals surface area contributed by atoms with Gasteiger partial charge in [0.05, 0.1) is 5.56 Å². The Kier molecular flexibility index (Phi) is 2.86. The quantitative estimate of drug-likeness (QED) is 0.740. The van der Waals surface area contributed by atoms with E-state index >= 15 is 0 Å². The zero-order valence-electron chi connectivity index (χ0n) is 11.7. The number of para-hydroxylation sites is 1. The molecule has 0 radical (unpaired) electrons. The highest BCUT2D eigenvalue weighted by Gasteiger charge is 2.41. The van der Waals surface area contributed by atoms with Crippen LogP contribution >= 0.6 is 0 Å². The number of fused-ring (bicyclic) bond motifs is 1. The Bertz CT molecular complexity index is 478. The lowest BCUT2D eigenvalue weighted by Gasteiger charge is -2.44. The fourth-order valence-electron chi connectivity index (χ4n) is 2.00. The molecule has 1 amide bonds. The third kappa shape index (κ3) is 1.97. The highest BCUT2D eigenvalue weighted by atomic mass is 16.2. The maximum Gasteiger partial charge on any atom is 0.269 e. The summed E-state index contributed by atoms with van der Waals surface area (Å²) in [7, 11) is 1.76. The van der Waals surface area contributed by atoms with Crippen LogP contribution in [0, 0.1) is 5.41 Å². The molecule has 1 unspecified atom stereocenters. The molecular formula is C14H21N3O. The van der Waals surface area contributed by atoms with Crippen molar-refractivity contribution in [3.8, 4) is 0 Å². The molecule has 1 aliphatic rings. The van der Waals surface area contributed by atoms with Crippen LogP contribution in [-0.4, -0.2) is 23.6 Å². The van der Waals surface area contributed by atoms with Gasteiger partial charge in [0.25, 0.3) is 5.91 Å². The van der Waals surface area contributed by atoms with Crippen LogP contribution in [0.2, 0.25) is 0 Å². The molecule has 18 heavy (non-hydrogen) atoms. The van der Waals surface area contributed by atoms with Gasteiger partial charge in [-0.3, -0.25) is 9.80 Å². The number of amides is 1. The van der Waals surface area contributed by atoms with E-state index in [9.17, 15) is 4.79 Å². The van der Waals surface area contributed by atoms with E-state index in [2.05, 4.69) is 38.4 Å². The maximum atomic E-state index is 12.3. The third-order valence-corrected chi connectivity index (χ3v) is 3.74. The molecule has 1 aromatic carbocycles. The summed E-state index contributed by atoms with van der Waals surface area (Å²) in [5, 5.41) is 5.02. The van der Waals surface area contributed by atoms with Crippen LogP contribution in [0.25, 0.3) is 0 Å². The lowest BCUT2D eigenvalue weighted by Crippen LogP contribution is -2.62. The van der Waals surface area contributed by atoms with Crippen molar-refractivity contribution in [3.05, 3.63) is 29.8 Å². The number of anilines is 1. The van der Waals surface area contributed by atoms with Crippen LogP contribution in [-0.2, 0) is 0 Å². The number of nitrogens with one attached hydrogen (secondary N) is 2. The van der Waals surface area contributed by atoms with Crippen LogP contribution in [0.3, 0.4) is 0 Å². The molecule has 2 rings (SSSR count). The molecule has 1 aliphatic heterocycles. The van der Waals surface area contributed by atoms with Crippen LogP contribution in [0.4, 0.5) is 5.69 Å². The first-order valence-electron chi connectivity index (χ1n) is 6.18. The summed E-state index contributed by atoms with van der Waals surface area (Å²) in [4.78, 5) is 12.3. The van der Waals surface area contributed by atoms with E-state index in [1.807, 2.05) is 24.3 Å². The van der Waals surface area contributed by atoms with Crippen LogP contribution in [0.5, 0.6) is 0 Å². The minimum absolute atomic E-state index is 0.0222. The average Bonchev–Trinajstić information content (AvgIpc) is 2.35. The number of carbonyl (C=O) groups is 1. The zero-order valence-corrected chi connectivity index (χ0v) is 11.7. The van der Waals surface area contributed by atoms with Crippen molar-refractivity contribution in [2.45, 2.75) is 33.4 Å². The third-order valence-electron chi connectivity index (χ3n) is 3.74. The van der Waals surface area contributed by atoms with Crippen molar-refractivity contribution in [1.82, 2.24) is 10.4 Å². The molecule has 98 valence electrons. The van der Waals surface area contributed by atoms with Crippen molar-refractivity contribution >= 4 is 11.6 Å². The smallest absolute Gasteiger partial charge is 0.269 e. The summed E-state index contributed by atoms with van der Waals surface area (Å²) in [5.41, 5.74) is 4.38. The largest absolute Gasteiger partial charge is 0.365 e. The van der Waals surface area contributed by atoms with Crippen LogP contribution < -0.4 is 10.7 Å². The summed E-state index contributed by atoms with van der Waals surface area (Å²) in [6.07, 6.45) is 0. The van der Waals surface area contributed by atoms with Crippen molar-refractivity contribution in [3.63, 3.8) is 0 Å². The maximum absolute atomic E-state index is 12.3. The Hall–Kier alpha value is -1.55. The lowest BCUT2D eigenvalue weighted by molar-refractivity contribution is 0.0504. The number of benzene rings is 1. The van der Waals surface area contributed by atoms with E-state index in [1.54, 1.807) is 12.1 Å². The highest BCUT2D eigenvalue weighted by molar-refractivity contribution is 5.99. The monoisotopic (exact) mass is 247 g/mol. The molecule has 2 N–H and O–H groups in total. The van der Waals surface area contributed by atoms with Gasteiger partial charge in [0, 0.05) is 12.7 Å². The van der Waals surface area contributed by atoms with E-state index < -0.39 is 5.66 Å². The average molecular weight is 247 g/mol. The van der Waals surface area contributed by atoms with E-state index in [1.165, 1.54) is 0 Å². The molecule has 0 spiro atoms. The normalized spacial score (nSPS) is 24.3. The molecule has 4 heteroatoms. The molecule has 0 aromatic heterocycles. The van der Waals surface area contributed by atoms with E-state index in [0.29, 0.717) is 5.56 Å². The van der Waals surface area contributed by atoms with Gasteiger partial charge in [-0.25, -0.2) is 5.43 Å². The topological polar surface area (TPSA) is 44.4 Å². The summed E-state index contributed by atoms with van der Waals surface area (Å²) >= 11 is 0. The Morgan fingerprint density at radius 3 is 2.44 bits per heavy atom. The van der Waals surface area contributed by atoms with Gasteiger partial charge in [-0.05, 0) is 24.5 Å². The van der Waals surface area contributed by atoms with Crippen molar-refractivity contribution in [2.24, 2.45) is 5.41 Å². The van der Waals surface area contributed by atoms with Gasteiger partial charge >= 0.3 is 0 Å². The number of nitrogens with zero attached hydrogens (tertiary/aromatic N) is 1. The molecule has 0 saturated heterocycles. The summed E-state index contributed by atoms with van der Waals surface area (Å²) in [6, 6.07) is 7.61. The fourth-order valence-corrected chi connectivity index (χ4v) is 2.00. The molecule has 0 saturated carbocycles. The number of carbonyl (C=O) groups excluding carboxylic acids is 1. The number of hydrogen-bond donors (Lipinski definition) is 2. The number of hydrogen-bond acceptors (Lipinski definition) is 3. The van der Waals surface area contributed by atoms with Gasteiger partial charge in [0.1, 0.15) is 5.66 Å². The van der Waals surface area contributed by atoms with Crippen LogP contribution in [0.15, 0.2) is 24.3 Å². The summed E-state index contributed by atoms with van der Waals surface area (Å²) in [5.74, 6) is -0.0222. The summed E-state index contributed by atoms with van der Waals surface area (Å²) in [6.45, 7) is 8.48. The second-order valence-corrected chi connectivity index (χ2v) is 6.02. The molecule has 1 heterocycles. The Morgan fingerprint density at radius 2 is 1.83 bits per heavy atom. The minimum Gasteiger partial charge on any atom is -0.365 e. The van der Waals surface area contributed by atoms with Gasteiger partial charge in [-0.2, -0.15) is 0 Å². The molecule has 0 bridgehead atoms. The Morgan fingerprint density at radius 1 is 1.22 bits per heavy atom. The summed E-state index contributed by atoms with van der Waals surface area (Å²) < 4.78 is 0. The van der Waals surface area contributed by atoms with Crippen molar-refractivity contribution in [2.75, 3.05) is 12.4 Å². The number of rotatable bonds is 0. The van der Waals surface area contributed by atoms with Gasteiger partial charge in [-0.1, -0.05) is 32.9 Å². The lowest BCUT2D eigenvalue weighted by atomic mass is 9.81. The second-order valence-electron chi connectivity index (χ2n) is 6.02. The number of hydrazine groups is 1. The van der Waals surface area contributed by atoms with Gasteiger partial charge in [0.2, 0.25) is 0 Å². The predicted octanol–water partition coefficient (Wildman–Crippen LogP) is 2.45. The van der Waals surface area contributed by atoms with Crippen LogP contribution in [0.1, 0.15) is 38.1 Å².